The fraction of sp³-hybridized carbons (Fsp3) is 0.647. The molecule has 6 heteroatoms. The van der Waals surface area contributed by atoms with Gasteiger partial charge in [0, 0.05) is 37.6 Å². The van der Waals surface area contributed by atoms with Crippen molar-refractivity contribution in [3.63, 3.8) is 0 Å². The van der Waals surface area contributed by atoms with E-state index < -0.39 is 0 Å². The number of thiophene rings is 1. The molecule has 0 radical (unpaired) electrons. The van der Waals surface area contributed by atoms with Crippen molar-refractivity contribution in [3.8, 4) is 0 Å². The Hall–Kier alpha value is -1.40. The van der Waals surface area contributed by atoms with Crippen LogP contribution < -0.4 is 0 Å². The van der Waals surface area contributed by atoms with Gasteiger partial charge in [-0.15, -0.1) is 11.3 Å². The Morgan fingerprint density at radius 3 is 2.35 bits per heavy atom. The second-order valence-electron chi connectivity index (χ2n) is 6.39. The number of carbonyl (C=O) groups excluding carboxylic acids is 2. The molecule has 0 N–H and O–H groups in total. The van der Waals surface area contributed by atoms with E-state index in [1.165, 1.54) is 43.6 Å². The molecule has 2 saturated heterocycles. The Kier molecular flexibility index (Phi) is 5.67. The van der Waals surface area contributed by atoms with Crippen LogP contribution in [0.25, 0.3) is 0 Å². The average molecular weight is 335 g/mol. The summed E-state index contributed by atoms with van der Waals surface area (Å²) in [4.78, 5) is 31.5. The molecule has 0 aromatic carbocycles. The Morgan fingerprint density at radius 2 is 1.70 bits per heavy atom. The van der Waals surface area contributed by atoms with Gasteiger partial charge in [0.05, 0.1) is 4.88 Å². The predicted molar refractivity (Wildman–Crippen MR) is 91.6 cm³/mol. The lowest BCUT2D eigenvalue weighted by Gasteiger charge is -2.32. The van der Waals surface area contributed by atoms with Crippen LogP contribution in [0.2, 0.25) is 0 Å². The van der Waals surface area contributed by atoms with Crippen molar-refractivity contribution in [1.29, 1.82) is 0 Å². The summed E-state index contributed by atoms with van der Waals surface area (Å²) in [6.45, 7) is 5.87. The molecule has 5 nitrogen and oxygen atoms in total. The fourth-order valence-corrected chi connectivity index (χ4v) is 4.30. The lowest BCUT2D eigenvalue weighted by atomic mass is 10.2. The maximum absolute atomic E-state index is 12.6. The lowest BCUT2D eigenvalue weighted by Crippen LogP contribution is -2.47. The minimum atomic E-state index is 0.114. The SMILES string of the molecule is O=CN1CCN(C(=O)c2ccc(CN3CCCCCC3)s2)CC1. The second kappa shape index (κ2) is 7.93. The predicted octanol–water partition coefficient (Wildman–Crippen LogP) is 2.04. The smallest absolute Gasteiger partial charge is 0.264 e. The van der Waals surface area contributed by atoms with Gasteiger partial charge in [-0.2, -0.15) is 0 Å². The molecule has 1 aromatic rings. The maximum atomic E-state index is 12.6. The van der Waals surface area contributed by atoms with E-state index in [1.54, 1.807) is 16.2 Å². The first kappa shape index (κ1) is 16.5. The molecule has 0 bridgehead atoms. The summed E-state index contributed by atoms with van der Waals surface area (Å²) in [5, 5.41) is 0. The van der Waals surface area contributed by atoms with Gasteiger partial charge < -0.3 is 9.80 Å². The largest absolute Gasteiger partial charge is 0.342 e. The van der Waals surface area contributed by atoms with Crippen molar-refractivity contribution < 1.29 is 9.59 Å². The molecule has 126 valence electrons. The Labute approximate surface area is 141 Å². The third-order valence-corrected chi connectivity index (χ3v) is 5.76. The minimum absolute atomic E-state index is 0.114. The molecule has 0 aliphatic carbocycles. The Morgan fingerprint density at radius 1 is 1.00 bits per heavy atom. The van der Waals surface area contributed by atoms with Gasteiger partial charge >= 0.3 is 0 Å². The van der Waals surface area contributed by atoms with Gasteiger partial charge in [0.15, 0.2) is 0 Å². The first-order valence-electron chi connectivity index (χ1n) is 8.56. The second-order valence-corrected chi connectivity index (χ2v) is 7.56. The monoisotopic (exact) mass is 335 g/mol. The summed E-state index contributed by atoms with van der Waals surface area (Å²) >= 11 is 1.63. The quantitative estimate of drug-likeness (QED) is 0.791. The van der Waals surface area contributed by atoms with E-state index in [4.69, 9.17) is 0 Å². The van der Waals surface area contributed by atoms with Gasteiger partial charge in [-0.05, 0) is 38.1 Å². The summed E-state index contributed by atoms with van der Waals surface area (Å²) < 4.78 is 0. The van der Waals surface area contributed by atoms with Crippen molar-refractivity contribution in [1.82, 2.24) is 14.7 Å². The maximum Gasteiger partial charge on any atom is 0.264 e. The average Bonchev–Trinajstić information content (AvgIpc) is 2.90. The van der Waals surface area contributed by atoms with Crippen LogP contribution in [-0.4, -0.2) is 66.3 Å². The molecular formula is C17H25N3O2S. The molecule has 0 spiro atoms. The van der Waals surface area contributed by atoms with Crippen molar-refractivity contribution in [3.05, 3.63) is 21.9 Å². The number of rotatable bonds is 4. The number of nitrogens with zero attached hydrogens (tertiary/aromatic N) is 3. The van der Waals surface area contributed by atoms with Gasteiger partial charge in [-0.1, -0.05) is 12.8 Å². The van der Waals surface area contributed by atoms with Crippen LogP contribution in [0.4, 0.5) is 0 Å². The molecule has 1 aromatic heterocycles. The highest BCUT2D eigenvalue weighted by Gasteiger charge is 2.22. The van der Waals surface area contributed by atoms with Crippen molar-refractivity contribution in [2.75, 3.05) is 39.3 Å². The van der Waals surface area contributed by atoms with E-state index in [9.17, 15) is 9.59 Å². The van der Waals surface area contributed by atoms with Crippen LogP contribution in [-0.2, 0) is 11.3 Å². The Bertz CT molecular complexity index is 530. The molecule has 2 fully saturated rings. The summed E-state index contributed by atoms with van der Waals surface area (Å²) in [7, 11) is 0. The van der Waals surface area contributed by atoms with Crippen LogP contribution in [0.15, 0.2) is 12.1 Å². The van der Waals surface area contributed by atoms with Crippen molar-refractivity contribution in [2.45, 2.75) is 32.2 Å². The van der Waals surface area contributed by atoms with E-state index in [2.05, 4.69) is 11.0 Å². The van der Waals surface area contributed by atoms with Crippen molar-refractivity contribution >= 4 is 23.7 Å². The highest BCUT2D eigenvalue weighted by molar-refractivity contribution is 7.14. The molecular weight excluding hydrogens is 310 g/mol. The standard InChI is InChI=1S/C17H25N3O2S/c21-14-19-9-11-20(12-10-19)17(22)16-6-5-15(23-16)13-18-7-3-1-2-4-8-18/h5-6,14H,1-4,7-13H2. The van der Waals surface area contributed by atoms with Crippen LogP contribution in [0.3, 0.4) is 0 Å². The third-order valence-electron chi connectivity index (χ3n) is 4.70. The molecule has 0 saturated carbocycles. The summed E-state index contributed by atoms with van der Waals surface area (Å²) in [5.74, 6) is 0.114. The number of hydrogen-bond donors (Lipinski definition) is 0. The van der Waals surface area contributed by atoms with Crippen LogP contribution >= 0.6 is 11.3 Å². The lowest BCUT2D eigenvalue weighted by molar-refractivity contribution is -0.119. The van der Waals surface area contributed by atoms with Crippen LogP contribution in [0.1, 0.15) is 40.2 Å². The molecule has 2 aliphatic heterocycles. The Balaban J connectivity index is 1.55. The highest BCUT2D eigenvalue weighted by Crippen LogP contribution is 2.22. The summed E-state index contributed by atoms with van der Waals surface area (Å²) in [6, 6.07) is 4.07. The molecule has 0 unspecified atom stereocenters. The number of likely N-dealkylation sites (tertiary alicyclic amines) is 1. The zero-order chi connectivity index (χ0) is 16.1. The molecule has 23 heavy (non-hydrogen) atoms. The molecule has 0 atom stereocenters. The van der Waals surface area contributed by atoms with Crippen LogP contribution in [0.5, 0.6) is 0 Å². The topological polar surface area (TPSA) is 43.9 Å². The highest BCUT2D eigenvalue weighted by atomic mass is 32.1. The van der Waals surface area contributed by atoms with Crippen LogP contribution in [0, 0.1) is 0 Å². The van der Waals surface area contributed by atoms with E-state index in [1.807, 2.05) is 11.0 Å². The number of hydrogen-bond acceptors (Lipinski definition) is 4. The summed E-state index contributed by atoms with van der Waals surface area (Å²) in [6.07, 6.45) is 6.14. The van der Waals surface area contributed by atoms with Gasteiger partial charge in [-0.3, -0.25) is 14.5 Å². The van der Waals surface area contributed by atoms with Gasteiger partial charge in [0.1, 0.15) is 0 Å². The zero-order valence-corrected chi connectivity index (χ0v) is 14.4. The van der Waals surface area contributed by atoms with E-state index in [-0.39, 0.29) is 5.91 Å². The zero-order valence-electron chi connectivity index (χ0n) is 13.6. The van der Waals surface area contributed by atoms with Crippen molar-refractivity contribution in [2.24, 2.45) is 0 Å². The molecule has 2 amide bonds. The summed E-state index contributed by atoms with van der Waals surface area (Å²) in [5.41, 5.74) is 0. The number of carbonyl (C=O) groups is 2. The van der Waals surface area contributed by atoms with Gasteiger partial charge in [-0.25, -0.2) is 0 Å². The normalized spacial score (nSPS) is 20.3. The number of amides is 2. The molecule has 2 aliphatic rings. The molecule has 3 rings (SSSR count). The minimum Gasteiger partial charge on any atom is -0.342 e. The van der Waals surface area contributed by atoms with Gasteiger partial charge in [0.25, 0.3) is 5.91 Å². The first-order chi connectivity index (χ1) is 11.3. The van der Waals surface area contributed by atoms with E-state index in [0.717, 1.165) is 17.8 Å². The number of piperazine rings is 1. The van der Waals surface area contributed by atoms with E-state index >= 15 is 0 Å². The van der Waals surface area contributed by atoms with E-state index in [0.29, 0.717) is 26.2 Å². The van der Waals surface area contributed by atoms with Gasteiger partial charge in [0.2, 0.25) is 6.41 Å². The first-order valence-corrected chi connectivity index (χ1v) is 9.37. The molecule has 3 heterocycles. The third kappa shape index (κ3) is 4.32. The fourth-order valence-electron chi connectivity index (χ4n) is 3.28.